The van der Waals surface area contributed by atoms with Gasteiger partial charge in [0.25, 0.3) is 5.91 Å². The molecular weight excluding hydrogens is 420 g/mol. The van der Waals surface area contributed by atoms with Gasteiger partial charge < -0.3 is 10.4 Å². The van der Waals surface area contributed by atoms with Crippen LogP contribution in [0.1, 0.15) is 17.5 Å². The molecule has 1 aliphatic heterocycles. The number of halogens is 1. The first kappa shape index (κ1) is 20.8. The van der Waals surface area contributed by atoms with Crippen molar-refractivity contribution in [2.24, 2.45) is 5.10 Å². The van der Waals surface area contributed by atoms with Crippen molar-refractivity contribution in [3.8, 4) is 5.69 Å². The molecule has 0 bridgehead atoms. The Morgan fingerprint density at radius 1 is 1.26 bits per heavy atom. The van der Waals surface area contributed by atoms with E-state index >= 15 is 0 Å². The van der Waals surface area contributed by atoms with Crippen LogP contribution in [0, 0.1) is 0 Å². The highest BCUT2D eigenvalue weighted by Crippen LogP contribution is 2.20. The van der Waals surface area contributed by atoms with Gasteiger partial charge in [-0.15, -0.1) is 5.10 Å². The van der Waals surface area contributed by atoms with E-state index in [9.17, 15) is 14.7 Å². The van der Waals surface area contributed by atoms with E-state index in [2.05, 4.69) is 20.7 Å². The fourth-order valence-corrected chi connectivity index (χ4v) is 3.58. The van der Waals surface area contributed by atoms with Crippen molar-refractivity contribution in [1.82, 2.24) is 25.3 Å². The number of aliphatic hydroxyl groups is 1. The van der Waals surface area contributed by atoms with Gasteiger partial charge in [0.15, 0.2) is 0 Å². The van der Waals surface area contributed by atoms with E-state index in [-0.39, 0.29) is 25.3 Å². The molecule has 1 unspecified atom stereocenters. The first-order valence-electron chi connectivity index (χ1n) is 9.74. The quantitative estimate of drug-likeness (QED) is 0.518. The molecule has 9 nitrogen and oxygen atoms in total. The van der Waals surface area contributed by atoms with Gasteiger partial charge in [-0.25, -0.2) is 14.9 Å². The van der Waals surface area contributed by atoms with Crippen LogP contribution < -0.4 is 5.32 Å². The molecule has 0 radical (unpaired) electrons. The third-order valence-corrected chi connectivity index (χ3v) is 5.24. The number of carbonyl (C=O) groups excluding carboxylic acids is 2. The summed E-state index contributed by atoms with van der Waals surface area (Å²) >= 11 is 6.11. The first-order valence-corrected chi connectivity index (χ1v) is 10.1. The smallest absolute Gasteiger partial charge is 0.272 e. The van der Waals surface area contributed by atoms with Crippen LogP contribution in [0.3, 0.4) is 0 Å². The predicted octanol–water partition coefficient (Wildman–Crippen LogP) is 1.66. The number of benzene rings is 2. The molecule has 2 heterocycles. The zero-order valence-electron chi connectivity index (χ0n) is 16.5. The van der Waals surface area contributed by atoms with Crippen molar-refractivity contribution in [3.05, 3.63) is 71.0 Å². The number of H-pyrrole nitrogens is 1. The lowest BCUT2D eigenvalue weighted by atomic mass is 10.1. The van der Waals surface area contributed by atoms with Crippen LogP contribution in [0.25, 0.3) is 5.69 Å². The minimum absolute atomic E-state index is 0.149. The molecule has 3 N–H and O–H groups in total. The maximum absolute atomic E-state index is 12.8. The third-order valence-electron chi connectivity index (χ3n) is 5.01. The van der Waals surface area contributed by atoms with E-state index in [1.165, 1.54) is 6.21 Å². The number of hydrogen-bond acceptors (Lipinski definition) is 5. The van der Waals surface area contributed by atoms with Gasteiger partial charge >= 0.3 is 0 Å². The minimum Gasteiger partial charge on any atom is -0.383 e. The van der Waals surface area contributed by atoms with Crippen LogP contribution in [0.15, 0.2) is 60.0 Å². The Labute approximate surface area is 183 Å². The number of carbonyl (C=O) groups is 2. The lowest BCUT2D eigenvalue weighted by Crippen LogP contribution is -2.48. The van der Waals surface area contributed by atoms with E-state index < -0.39 is 18.1 Å². The molecule has 1 aromatic heterocycles. The highest BCUT2D eigenvalue weighted by molar-refractivity contribution is 6.30. The van der Waals surface area contributed by atoms with Crippen molar-refractivity contribution in [2.45, 2.75) is 31.5 Å². The maximum atomic E-state index is 12.8. The van der Waals surface area contributed by atoms with Gasteiger partial charge in [0, 0.05) is 30.6 Å². The maximum Gasteiger partial charge on any atom is 0.272 e. The van der Waals surface area contributed by atoms with Gasteiger partial charge in [0.1, 0.15) is 18.5 Å². The van der Waals surface area contributed by atoms with Crippen molar-refractivity contribution < 1.29 is 14.7 Å². The van der Waals surface area contributed by atoms with Crippen molar-refractivity contribution >= 4 is 29.6 Å². The Kier molecular flexibility index (Phi) is 6.15. The Balaban J connectivity index is 1.40. The van der Waals surface area contributed by atoms with Crippen LogP contribution >= 0.6 is 11.6 Å². The summed E-state index contributed by atoms with van der Waals surface area (Å²) in [7, 11) is 0. The number of aromatic amines is 1. The molecule has 31 heavy (non-hydrogen) atoms. The molecule has 3 aromatic rings. The summed E-state index contributed by atoms with van der Waals surface area (Å²) in [6, 6.07) is 13.7. The Morgan fingerprint density at radius 3 is 2.74 bits per heavy atom. The summed E-state index contributed by atoms with van der Waals surface area (Å²) in [6.07, 6.45) is 2.25. The summed E-state index contributed by atoms with van der Waals surface area (Å²) < 4.78 is 1.70. The van der Waals surface area contributed by atoms with Crippen LogP contribution in [0.4, 0.5) is 0 Å². The number of hydrogen-bond donors (Lipinski definition) is 3. The molecule has 2 amide bonds. The fraction of sp³-hybridized carbons (Fsp3) is 0.238. The second-order valence-corrected chi connectivity index (χ2v) is 7.58. The largest absolute Gasteiger partial charge is 0.383 e. The van der Waals surface area contributed by atoms with Crippen molar-refractivity contribution in [3.63, 3.8) is 0 Å². The molecule has 0 saturated heterocycles. The van der Waals surface area contributed by atoms with Crippen molar-refractivity contribution in [1.29, 1.82) is 0 Å². The van der Waals surface area contributed by atoms with E-state index in [1.54, 1.807) is 23.1 Å². The van der Waals surface area contributed by atoms with E-state index in [4.69, 9.17) is 11.6 Å². The number of amides is 2. The molecule has 2 atom stereocenters. The zero-order valence-corrected chi connectivity index (χ0v) is 17.2. The van der Waals surface area contributed by atoms with E-state index in [0.717, 1.165) is 21.8 Å². The predicted molar refractivity (Wildman–Crippen MR) is 115 cm³/mol. The Morgan fingerprint density at radius 2 is 2.03 bits per heavy atom. The van der Waals surface area contributed by atoms with Gasteiger partial charge in [-0.2, -0.15) is 5.10 Å². The summed E-state index contributed by atoms with van der Waals surface area (Å²) in [5.74, 6) is -0.976. The fourth-order valence-electron chi connectivity index (χ4n) is 3.38. The van der Waals surface area contributed by atoms with Gasteiger partial charge in [0.05, 0.1) is 5.69 Å². The second-order valence-electron chi connectivity index (χ2n) is 7.14. The van der Waals surface area contributed by atoms with Crippen LogP contribution in [0.2, 0.25) is 5.02 Å². The molecule has 0 aliphatic carbocycles. The number of rotatable bonds is 7. The number of nitrogens with one attached hydrogen (secondary N) is 2. The monoisotopic (exact) mass is 440 g/mol. The standard InChI is InChI=1S/C21H21ClN6O3/c22-16-6-7-17(27-13-24-26-27)15(11-16)12-23-20(30)18-8-9-25-28(18)21(31)19(29)10-14-4-2-1-3-5-14/h1-7,9,11,13,18-19,26,29H,8,10,12H2,(H,23,30)/t18-,19?/m0/s1. The van der Waals surface area contributed by atoms with E-state index in [1.807, 2.05) is 36.4 Å². The highest BCUT2D eigenvalue weighted by Gasteiger charge is 2.35. The molecule has 10 heteroatoms. The highest BCUT2D eigenvalue weighted by atomic mass is 35.5. The first-order chi connectivity index (χ1) is 15.0. The zero-order chi connectivity index (χ0) is 21.8. The van der Waals surface area contributed by atoms with Crippen LogP contribution in [-0.4, -0.2) is 55.3 Å². The number of aliphatic hydroxyl groups excluding tert-OH is 1. The molecule has 0 saturated carbocycles. The molecule has 1 aliphatic rings. The average molecular weight is 441 g/mol. The van der Waals surface area contributed by atoms with E-state index in [0.29, 0.717) is 5.02 Å². The summed E-state index contributed by atoms with van der Waals surface area (Å²) in [6.45, 7) is 0.200. The summed E-state index contributed by atoms with van der Waals surface area (Å²) in [5, 5.41) is 25.4. The lowest BCUT2D eigenvalue weighted by molar-refractivity contribution is -0.146. The van der Waals surface area contributed by atoms with Crippen LogP contribution in [-0.2, 0) is 22.6 Å². The Hall–Kier alpha value is -3.43. The topological polar surface area (TPSA) is 116 Å². The van der Waals surface area contributed by atoms with Gasteiger partial charge in [0.2, 0.25) is 5.91 Å². The summed E-state index contributed by atoms with van der Waals surface area (Å²) in [5.41, 5.74) is 2.40. The SMILES string of the molecule is O=C(NCc1cc(Cl)ccc1-n1cn[nH]1)[C@@H]1CC=NN1C(=O)C(O)Cc1ccccc1. The Bertz CT molecular complexity index is 1080. The normalized spacial score (nSPS) is 16.5. The third kappa shape index (κ3) is 4.68. The molecule has 0 fully saturated rings. The number of nitrogens with zero attached hydrogens (tertiary/aromatic N) is 4. The molecule has 0 spiro atoms. The van der Waals surface area contributed by atoms with Gasteiger partial charge in [-0.05, 0) is 29.3 Å². The van der Waals surface area contributed by atoms with Crippen LogP contribution in [0.5, 0.6) is 0 Å². The van der Waals surface area contributed by atoms with Gasteiger partial charge in [-0.3, -0.25) is 9.59 Å². The molecule has 160 valence electrons. The lowest BCUT2D eigenvalue weighted by Gasteiger charge is -2.24. The average Bonchev–Trinajstić information content (AvgIpc) is 3.22. The number of hydrazone groups is 1. The molecule has 4 rings (SSSR count). The molecule has 2 aromatic carbocycles. The minimum atomic E-state index is -1.29. The van der Waals surface area contributed by atoms with Gasteiger partial charge in [-0.1, -0.05) is 41.9 Å². The molecular formula is C21H21ClN6O3. The second kappa shape index (κ2) is 9.15. The van der Waals surface area contributed by atoms with Crippen molar-refractivity contribution in [2.75, 3.05) is 0 Å². The number of aromatic nitrogens is 3. The summed E-state index contributed by atoms with van der Waals surface area (Å²) in [4.78, 5) is 25.5.